The van der Waals surface area contributed by atoms with E-state index in [0.717, 1.165) is 49.2 Å². The van der Waals surface area contributed by atoms with Crippen molar-refractivity contribution in [1.29, 1.82) is 0 Å². The van der Waals surface area contributed by atoms with Crippen LogP contribution >= 0.6 is 0 Å². The molecule has 0 aromatic carbocycles. The Morgan fingerprint density at radius 3 is 2.52 bits per heavy atom. The Morgan fingerprint density at radius 2 is 1.78 bits per heavy atom. The van der Waals surface area contributed by atoms with Gasteiger partial charge in [0.2, 0.25) is 0 Å². The van der Waals surface area contributed by atoms with Gasteiger partial charge in [0.15, 0.2) is 0 Å². The first-order valence-electron chi connectivity index (χ1n) is 9.43. The molecule has 6 heteroatoms. The van der Waals surface area contributed by atoms with Crippen LogP contribution in [-0.2, 0) is 6.54 Å². The quantitative estimate of drug-likeness (QED) is 0.756. The zero-order valence-corrected chi connectivity index (χ0v) is 15.2. The summed E-state index contributed by atoms with van der Waals surface area (Å²) >= 11 is 0. The molecule has 0 aliphatic heterocycles. The Balaban J connectivity index is 1.40. The summed E-state index contributed by atoms with van der Waals surface area (Å²) in [5.41, 5.74) is 2.82. The highest BCUT2D eigenvalue weighted by atomic mass is 16.1. The minimum atomic E-state index is -0.0299. The van der Waals surface area contributed by atoms with Crippen LogP contribution in [0.2, 0.25) is 0 Å². The maximum Gasteiger partial charge on any atom is 0.267 e. The highest BCUT2D eigenvalue weighted by Crippen LogP contribution is 2.27. The lowest BCUT2D eigenvalue weighted by Crippen LogP contribution is -2.36. The molecule has 3 aromatic rings. The topological polar surface area (TPSA) is 72.7 Å². The lowest BCUT2D eigenvalue weighted by atomic mass is 9.91. The van der Waals surface area contributed by atoms with E-state index in [0.29, 0.717) is 6.04 Å². The summed E-state index contributed by atoms with van der Waals surface area (Å²) in [5.74, 6) is 0. The molecule has 4 rings (SSSR count). The van der Waals surface area contributed by atoms with Crippen LogP contribution in [-0.4, -0.2) is 25.8 Å². The molecule has 0 amide bonds. The van der Waals surface area contributed by atoms with Crippen LogP contribution in [0, 0.1) is 0 Å². The van der Waals surface area contributed by atoms with Crippen molar-refractivity contribution >= 4 is 0 Å². The first-order valence-corrected chi connectivity index (χ1v) is 9.43. The molecule has 6 nitrogen and oxygen atoms in total. The summed E-state index contributed by atoms with van der Waals surface area (Å²) < 4.78 is 1.67. The minimum Gasteiger partial charge on any atom is -0.308 e. The van der Waals surface area contributed by atoms with Gasteiger partial charge < -0.3 is 5.32 Å². The zero-order chi connectivity index (χ0) is 18.5. The normalized spacial score (nSPS) is 19.7. The van der Waals surface area contributed by atoms with Crippen molar-refractivity contribution in [1.82, 2.24) is 25.1 Å². The Kier molecular flexibility index (Phi) is 5.34. The Morgan fingerprint density at radius 1 is 0.963 bits per heavy atom. The average Bonchev–Trinajstić information content (AvgIpc) is 2.74. The fourth-order valence-corrected chi connectivity index (χ4v) is 3.64. The van der Waals surface area contributed by atoms with Gasteiger partial charge in [-0.2, -0.15) is 5.10 Å². The number of rotatable bonds is 5. The minimum absolute atomic E-state index is 0.0299. The maximum atomic E-state index is 12.4. The SMILES string of the molecule is O=c1ccc(-c2ccncc2)nn1C1CCC(NCc2ccccn2)CC1. The number of nitrogens with zero attached hydrogens (tertiary/aromatic N) is 4. The van der Waals surface area contributed by atoms with E-state index in [4.69, 9.17) is 0 Å². The fourth-order valence-electron chi connectivity index (χ4n) is 3.64. The highest BCUT2D eigenvalue weighted by molar-refractivity contribution is 5.57. The van der Waals surface area contributed by atoms with E-state index >= 15 is 0 Å². The van der Waals surface area contributed by atoms with E-state index in [1.165, 1.54) is 0 Å². The summed E-state index contributed by atoms with van der Waals surface area (Å²) in [5, 5.41) is 8.22. The van der Waals surface area contributed by atoms with E-state index in [2.05, 4.69) is 20.4 Å². The van der Waals surface area contributed by atoms with Crippen molar-refractivity contribution in [3.05, 3.63) is 77.1 Å². The third kappa shape index (κ3) is 4.28. The van der Waals surface area contributed by atoms with E-state index in [1.807, 2.05) is 36.5 Å². The van der Waals surface area contributed by atoms with Crippen molar-refractivity contribution in [2.75, 3.05) is 0 Å². The molecule has 1 saturated carbocycles. The lowest BCUT2D eigenvalue weighted by Gasteiger charge is -2.29. The van der Waals surface area contributed by atoms with Crippen LogP contribution in [0.1, 0.15) is 37.4 Å². The van der Waals surface area contributed by atoms with E-state index in [9.17, 15) is 4.79 Å². The molecule has 3 aromatic heterocycles. The molecule has 0 bridgehead atoms. The third-order valence-electron chi connectivity index (χ3n) is 5.14. The fraction of sp³-hybridized carbons (Fsp3) is 0.333. The molecule has 0 atom stereocenters. The predicted molar refractivity (Wildman–Crippen MR) is 104 cm³/mol. The molecule has 1 fully saturated rings. The Labute approximate surface area is 158 Å². The molecule has 1 aliphatic carbocycles. The molecule has 0 radical (unpaired) electrons. The summed E-state index contributed by atoms with van der Waals surface area (Å²) in [6, 6.07) is 13.8. The van der Waals surface area contributed by atoms with Gasteiger partial charge in [0.25, 0.3) is 5.56 Å². The van der Waals surface area contributed by atoms with Gasteiger partial charge >= 0.3 is 0 Å². The third-order valence-corrected chi connectivity index (χ3v) is 5.14. The number of hydrogen-bond acceptors (Lipinski definition) is 5. The summed E-state index contributed by atoms with van der Waals surface area (Å²) in [4.78, 5) is 20.8. The van der Waals surface area contributed by atoms with Crippen LogP contribution in [0.25, 0.3) is 11.3 Å². The number of aromatic nitrogens is 4. The van der Waals surface area contributed by atoms with Crippen molar-refractivity contribution in [3.8, 4) is 11.3 Å². The molecular formula is C21H23N5O. The van der Waals surface area contributed by atoms with Crippen molar-refractivity contribution in [3.63, 3.8) is 0 Å². The Hall–Kier alpha value is -2.86. The molecule has 1 aliphatic rings. The summed E-state index contributed by atoms with van der Waals surface area (Å²) in [6.07, 6.45) is 9.27. The van der Waals surface area contributed by atoms with Gasteiger partial charge in [-0.25, -0.2) is 4.68 Å². The molecular weight excluding hydrogens is 338 g/mol. The second-order valence-electron chi connectivity index (χ2n) is 6.94. The van der Waals surface area contributed by atoms with Crippen molar-refractivity contribution in [2.24, 2.45) is 0 Å². The standard InChI is InChI=1S/C21H23N5O/c27-21-9-8-20(16-10-13-22-14-11-16)25-26(21)19-6-4-17(5-7-19)24-15-18-3-1-2-12-23-18/h1-3,8-14,17,19,24H,4-7,15H2. The molecule has 3 heterocycles. The van der Waals surface area contributed by atoms with E-state index in [-0.39, 0.29) is 11.6 Å². The smallest absolute Gasteiger partial charge is 0.267 e. The summed E-state index contributed by atoms with van der Waals surface area (Å²) in [7, 11) is 0. The van der Waals surface area contributed by atoms with Gasteiger partial charge in [0.05, 0.1) is 17.4 Å². The zero-order valence-electron chi connectivity index (χ0n) is 15.2. The second kappa shape index (κ2) is 8.22. The lowest BCUT2D eigenvalue weighted by molar-refractivity contribution is 0.269. The van der Waals surface area contributed by atoms with Crippen LogP contribution in [0.15, 0.2) is 65.8 Å². The van der Waals surface area contributed by atoms with Crippen LogP contribution in [0.3, 0.4) is 0 Å². The second-order valence-corrected chi connectivity index (χ2v) is 6.94. The van der Waals surface area contributed by atoms with Gasteiger partial charge in [-0.15, -0.1) is 0 Å². The summed E-state index contributed by atoms with van der Waals surface area (Å²) in [6.45, 7) is 0.784. The maximum absolute atomic E-state index is 12.4. The van der Waals surface area contributed by atoms with Crippen LogP contribution in [0.4, 0.5) is 0 Å². The van der Waals surface area contributed by atoms with Gasteiger partial charge in [0.1, 0.15) is 0 Å². The average molecular weight is 361 g/mol. The van der Waals surface area contributed by atoms with E-state index in [1.54, 1.807) is 29.2 Å². The molecule has 0 saturated heterocycles. The number of hydrogen-bond donors (Lipinski definition) is 1. The molecule has 0 spiro atoms. The van der Waals surface area contributed by atoms with Gasteiger partial charge in [0, 0.05) is 42.8 Å². The first kappa shape index (κ1) is 17.5. The molecule has 1 N–H and O–H groups in total. The van der Waals surface area contributed by atoms with Gasteiger partial charge in [-0.05, 0) is 56.0 Å². The van der Waals surface area contributed by atoms with Crippen LogP contribution < -0.4 is 10.9 Å². The van der Waals surface area contributed by atoms with Crippen LogP contribution in [0.5, 0.6) is 0 Å². The largest absolute Gasteiger partial charge is 0.308 e. The Bertz CT molecular complexity index is 918. The monoisotopic (exact) mass is 361 g/mol. The molecule has 0 unspecified atom stereocenters. The first-order chi connectivity index (χ1) is 13.3. The van der Waals surface area contributed by atoms with E-state index < -0.39 is 0 Å². The number of nitrogens with one attached hydrogen (secondary N) is 1. The van der Waals surface area contributed by atoms with Gasteiger partial charge in [-0.1, -0.05) is 6.07 Å². The predicted octanol–water partition coefficient (Wildman–Crippen LogP) is 2.97. The van der Waals surface area contributed by atoms with Crippen molar-refractivity contribution in [2.45, 2.75) is 44.3 Å². The van der Waals surface area contributed by atoms with Gasteiger partial charge in [-0.3, -0.25) is 14.8 Å². The molecule has 27 heavy (non-hydrogen) atoms. The molecule has 138 valence electrons. The highest BCUT2D eigenvalue weighted by Gasteiger charge is 2.23. The number of pyridine rings is 2. The van der Waals surface area contributed by atoms with Crippen molar-refractivity contribution < 1.29 is 0 Å².